The molecule has 1 aliphatic carbocycles. The highest BCUT2D eigenvalue weighted by Gasteiger charge is 2.48. The number of carbonyl (C=O) groups excluding carboxylic acids is 13. The topological polar surface area (TPSA) is 777 Å². The zero-order valence-corrected chi connectivity index (χ0v) is 77.4. The van der Waals surface area contributed by atoms with E-state index >= 15 is 0 Å². The number of aliphatic carboxylic acids is 1. The lowest BCUT2D eigenvalue weighted by atomic mass is 9.89. The van der Waals surface area contributed by atoms with Gasteiger partial charge in [-0.3, -0.25) is 73.1 Å². The van der Waals surface area contributed by atoms with Crippen LogP contribution in [-0.4, -0.2) is 280 Å². The fraction of sp³-hybridized carbons (Fsp3) is 0.506. The normalized spacial score (nSPS) is 16.2. The lowest BCUT2D eigenvalue weighted by Crippen LogP contribution is -2.61. The maximum Gasteiger partial charge on any atom is 0.336 e. The molecule has 0 radical (unpaired) electrons. The Kier molecular flexibility index (Phi) is 41.3. The summed E-state index contributed by atoms with van der Waals surface area (Å²) < 4.78 is 16.2. The van der Waals surface area contributed by atoms with Crippen molar-refractivity contribution >= 4 is 157 Å². The van der Waals surface area contributed by atoms with Crippen LogP contribution in [0.1, 0.15) is 157 Å². The predicted octanol–water partition coefficient (Wildman–Crippen LogP) is -4.51. The van der Waals surface area contributed by atoms with Gasteiger partial charge in [0, 0.05) is 109 Å². The number of aromatic nitrogens is 3. The number of guanidine groups is 2. The minimum absolute atomic E-state index is 0.0180. The molecule has 48 nitrogen and oxygen atoms in total. The van der Waals surface area contributed by atoms with E-state index in [1.54, 1.807) is 12.3 Å². The van der Waals surface area contributed by atoms with Crippen molar-refractivity contribution in [2.45, 2.75) is 215 Å². The SMILES string of the molecule is CC(O)[C@H](NC(=O)[C@H](CCC(N)=O)NC(=O)[C@H](CCCNC(=N)N)NC(=O)[C@H](CCCCNC(=O)C[C@@H](NC(=O)CCCCCNC(=O)[C@H]1O[C@@H](n2cc(I)c3c(N)ncnc32)[C@H](O)[C@@H]1O)C(=O)O)NC(=O)[C@H](CCCNC(=N)N)NC(=O)[C@H](C)N)C(=O)N[C@@H](C)C(=O)N[C@H](CCCCNC(=O)c1ccc(-c2c3ccc(=[N+](C)C)cc-3oc3cc(N(C)C)ccc23)c(C(=O)O)c1)C(N)=O. The van der Waals surface area contributed by atoms with Gasteiger partial charge in [-0.1, -0.05) is 12.5 Å². The fourth-order valence-corrected chi connectivity index (χ4v) is 15.2. The van der Waals surface area contributed by atoms with E-state index in [1.165, 1.54) is 36.9 Å². The minimum atomic E-state index is -1.92. The van der Waals surface area contributed by atoms with E-state index in [-0.39, 0.29) is 127 Å². The Morgan fingerprint density at radius 3 is 1.69 bits per heavy atom. The van der Waals surface area contributed by atoms with E-state index in [0.717, 1.165) is 18.0 Å². The first-order valence-electron chi connectivity index (χ1n) is 43.4. The molecule has 4 heterocycles. The summed E-state index contributed by atoms with van der Waals surface area (Å²) in [5, 5.41) is 103. The lowest BCUT2D eigenvalue weighted by Gasteiger charge is -2.28. The molecule has 14 atom stereocenters. The molecule has 0 saturated carbocycles. The molecule has 4 aromatic rings. The number of anilines is 2. The number of nitrogens with zero attached hydrogens (tertiary/aromatic N) is 5. The number of unbranched alkanes of at least 4 members (excludes halogenated alkanes) is 4. The molecule has 1 unspecified atom stereocenters. The van der Waals surface area contributed by atoms with Crippen molar-refractivity contribution in [2.24, 2.45) is 28.7 Å². The average Bonchev–Trinajstić information content (AvgIpc) is 1.44. The Morgan fingerprint density at radius 2 is 1.13 bits per heavy atom. The molecule has 134 heavy (non-hydrogen) atoms. The number of rotatable bonds is 53. The molecule has 2 aromatic heterocycles. The number of benzene rings is 3. The molecule has 0 spiro atoms. The van der Waals surface area contributed by atoms with E-state index in [9.17, 15) is 97.5 Å². The second kappa shape index (κ2) is 51.5. The molecule has 0 bridgehead atoms. The first-order chi connectivity index (χ1) is 63.4. The molecule has 1 fully saturated rings. The lowest BCUT2D eigenvalue weighted by molar-refractivity contribution is -0.143. The molecule has 1 saturated heterocycles. The number of hydrogen-bond acceptors (Lipinski definition) is 27. The van der Waals surface area contributed by atoms with Crippen LogP contribution in [0.2, 0.25) is 0 Å². The second-order valence-electron chi connectivity index (χ2n) is 32.7. The van der Waals surface area contributed by atoms with Gasteiger partial charge in [0.1, 0.15) is 104 Å². The van der Waals surface area contributed by atoms with Gasteiger partial charge in [0.05, 0.1) is 35.6 Å². The molecule has 7 rings (SSSR count). The first-order valence-corrected chi connectivity index (χ1v) is 44.4. The summed E-state index contributed by atoms with van der Waals surface area (Å²) >= 11 is 2.00. The maximum atomic E-state index is 14.8. The van der Waals surface area contributed by atoms with Crippen molar-refractivity contribution in [3.05, 3.63) is 87.2 Å². The third-order valence-electron chi connectivity index (χ3n) is 21.8. The largest absolute Gasteiger partial charge is 0.480 e. The number of aliphatic hydroxyl groups is 3. The van der Waals surface area contributed by atoms with E-state index in [0.29, 0.717) is 60.9 Å². The van der Waals surface area contributed by atoms with Crippen LogP contribution in [0.25, 0.3) is 44.5 Å². The van der Waals surface area contributed by atoms with Gasteiger partial charge in [-0.15, -0.1) is 0 Å². The summed E-state index contributed by atoms with van der Waals surface area (Å²) in [7, 11) is 7.51. The first kappa shape index (κ1) is 108. The van der Waals surface area contributed by atoms with Gasteiger partial charge in [0.15, 0.2) is 24.3 Å². The van der Waals surface area contributed by atoms with Gasteiger partial charge in [-0.25, -0.2) is 24.1 Å². The number of hydrogen-bond donors (Lipinski definition) is 26. The summed E-state index contributed by atoms with van der Waals surface area (Å²) in [5.74, 6) is -15.1. The van der Waals surface area contributed by atoms with Crippen molar-refractivity contribution in [2.75, 3.05) is 71.5 Å². The fourth-order valence-electron chi connectivity index (χ4n) is 14.4. The van der Waals surface area contributed by atoms with E-state index in [1.807, 2.05) is 96.7 Å². The van der Waals surface area contributed by atoms with E-state index in [2.05, 4.69) is 79.1 Å². The summed E-state index contributed by atoms with van der Waals surface area (Å²) in [5.41, 5.74) is 37.1. The van der Waals surface area contributed by atoms with Crippen LogP contribution in [0, 0.1) is 14.4 Å². The van der Waals surface area contributed by atoms with E-state index in [4.69, 9.17) is 54.4 Å². The number of primary amides is 2. The van der Waals surface area contributed by atoms with Gasteiger partial charge in [0.2, 0.25) is 70.3 Å². The summed E-state index contributed by atoms with van der Waals surface area (Å²) in [6.07, 6.45) is -6.20. The second-order valence-corrected chi connectivity index (χ2v) is 33.9. The third kappa shape index (κ3) is 31.6. The molecular weight excluding hydrogens is 1860 g/mol. The van der Waals surface area contributed by atoms with Crippen LogP contribution in [0.15, 0.2) is 71.5 Å². The molecule has 730 valence electrons. The average molecular weight is 1990 g/mol. The predicted molar refractivity (Wildman–Crippen MR) is 496 cm³/mol. The van der Waals surface area contributed by atoms with Crippen molar-refractivity contribution in [3.63, 3.8) is 0 Å². The number of aliphatic hydroxyl groups excluding tert-OH is 3. The van der Waals surface area contributed by atoms with Crippen LogP contribution in [0.5, 0.6) is 0 Å². The Bertz CT molecular complexity index is 5320. The van der Waals surface area contributed by atoms with Gasteiger partial charge < -0.3 is 148 Å². The highest BCUT2D eigenvalue weighted by atomic mass is 127. The standard InChI is InChI=1S/C85H121IN26O22/c1-41(87)72(120)105-54(19-15-33-98-84(91)92)76(124)106-53(18-11-13-30-95-62(116)38-57(83(131)132)103-61(115)21-9-8-12-31-97-80(128)68-66(117)67(118)81(134-68)112-39-51(86)64-69(89)100-40-101-71(64)112)75(123)107-55(20-16-34-99-85(93)94)77(125)108-56(28-29-60(88)114)78(126)109-65(43(3)113)79(127)102-42(2)73(121)104-52(70(90)119)17-10-14-32-96-74(122)44-22-25-47(50(35-44)82(129)130)63-48-26-23-45(110(4)5)36-58(48)133-59-37-46(111(6)7)24-27-49(59)63/h22-27,35-37,39-43,52-57,65-68,81,113,117-118H,8-21,28-34,38,87H2,1-7H3,(H26-,88,89,90,91,92,93,94,95,96,97,98,99,100,101,102,103,104,105,106,107,108,109,114,115,116,119,120,121,122,123,124,125,126,127,128,129,130,131,132)/p+1/t41-,42-,43?,52+,53-,54-,55-,56-,57+,65-,66-,67+,68-,81+/m0/s1. The van der Waals surface area contributed by atoms with Crippen molar-refractivity contribution < 1.29 is 107 Å². The van der Waals surface area contributed by atoms with Gasteiger partial charge in [-0.05, 0) is 163 Å². The van der Waals surface area contributed by atoms with Crippen molar-refractivity contribution in [1.29, 1.82) is 10.8 Å². The van der Waals surface area contributed by atoms with Crippen LogP contribution in [0.4, 0.5) is 11.5 Å². The number of nitrogens with one attached hydrogen (secondary N) is 15. The molecular formula is C85H122IN26O22+. The number of carboxylic acid groups (broad SMARTS) is 2. The maximum absolute atomic E-state index is 14.8. The van der Waals surface area contributed by atoms with Gasteiger partial charge >= 0.3 is 11.9 Å². The summed E-state index contributed by atoms with van der Waals surface area (Å²) in [4.78, 5) is 212. The Labute approximate surface area is 783 Å². The highest BCUT2D eigenvalue weighted by molar-refractivity contribution is 14.1. The minimum Gasteiger partial charge on any atom is -0.480 e. The van der Waals surface area contributed by atoms with E-state index < -0.39 is 205 Å². The number of amides is 13. The smallest absolute Gasteiger partial charge is 0.336 e. The monoisotopic (exact) mass is 1990 g/mol. The van der Waals surface area contributed by atoms with Gasteiger partial charge in [0.25, 0.3) is 11.8 Å². The van der Waals surface area contributed by atoms with Crippen LogP contribution in [0.3, 0.4) is 0 Å². The Morgan fingerprint density at radius 1 is 0.575 bits per heavy atom. The number of carbonyl (C=O) groups is 15. The van der Waals surface area contributed by atoms with Crippen molar-refractivity contribution in [3.8, 4) is 22.5 Å². The highest BCUT2D eigenvalue weighted by Crippen LogP contribution is 2.43. The molecule has 32 N–H and O–H groups in total. The third-order valence-corrected chi connectivity index (χ3v) is 22.6. The van der Waals surface area contributed by atoms with Crippen LogP contribution >= 0.6 is 22.6 Å². The van der Waals surface area contributed by atoms with Crippen LogP contribution < -0.4 is 118 Å². The molecule has 49 heteroatoms. The molecule has 2 aliphatic heterocycles. The zero-order chi connectivity index (χ0) is 99.1. The Hall–Kier alpha value is -13.5. The Balaban J connectivity index is 0.943. The van der Waals surface area contributed by atoms with Gasteiger partial charge in [-0.2, -0.15) is 0 Å². The molecule has 13 amide bonds. The van der Waals surface area contributed by atoms with Crippen LogP contribution in [-0.2, 0) is 67.1 Å². The number of aromatic carboxylic acids is 1. The molecule has 2 aromatic carbocycles. The zero-order valence-electron chi connectivity index (χ0n) is 75.2. The summed E-state index contributed by atoms with van der Waals surface area (Å²) in [6, 6.07) is 1.45. The number of ether oxygens (including phenoxy) is 1. The number of nitrogen functional groups attached to an aromatic ring is 1. The number of fused-ring (bicyclic) bond motifs is 3. The number of carboxylic acids is 2. The number of halogens is 1. The number of nitrogens with two attached hydrogens (primary N) is 6. The molecule has 3 aliphatic rings. The van der Waals surface area contributed by atoms with Crippen molar-refractivity contribution in [1.82, 2.24) is 88.2 Å². The summed E-state index contributed by atoms with van der Waals surface area (Å²) in [6.45, 7) is 3.54. The quantitative estimate of drug-likeness (QED) is 0.00427.